The maximum atomic E-state index is 13.4. The highest BCUT2D eigenvalue weighted by atomic mass is 35.5. The number of amides is 1. The van der Waals surface area contributed by atoms with Gasteiger partial charge in [0.1, 0.15) is 0 Å². The van der Waals surface area contributed by atoms with Crippen molar-refractivity contribution in [3.63, 3.8) is 0 Å². The Balaban J connectivity index is 1.87. The van der Waals surface area contributed by atoms with E-state index in [2.05, 4.69) is 10.3 Å². The van der Waals surface area contributed by atoms with Gasteiger partial charge in [0.15, 0.2) is 0 Å². The summed E-state index contributed by atoms with van der Waals surface area (Å²) in [5.74, 6) is 5.53. The Hall–Kier alpha value is -3.64. The number of ether oxygens (including phenoxy) is 1. The summed E-state index contributed by atoms with van der Waals surface area (Å²) in [5.41, 5.74) is 7.80. The van der Waals surface area contributed by atoms with Crippen molar-refractivity contribution >= 4 is 34.6 Å². The lowest BCUT2D eigenvalue weighted by Crippen LogP contribution is -2.26. The second-order valence-electron chi connectivity index (χ2n) is 8.78. The molecule has 3 rings (SSSR count). The zero-order valence-electron chi connectivity index (χ0n) is 21.0. The van der Waals surface area contributed by atoms with E-state index in [0.29, 0.717) is 17.7 Å². The van der Waals surface area contributed by atoms with E-state index in [4.69, 9.17) is 27.9 Å². The van der Waals surface area contributed by atoms with Crippen LogP contribution in [0.5, 0.6) is 0 Å². The molecule has 0 saturated carbocycles. The third kappa shape index (κ3) is 7.68. The van der Waals surface area contributed by atoms with Crippen LogP contribution in [0, 0.1) is 0 Å². The Morgan fingerprint density at radius 3 is 2.50 bits per heavy atom. The van der Waals surface area contributed by atoms with Crippen LogP contribution in [0.1, 0.15) is 32.6 Å². The van der Waals surface area contributed by atoms with Gasteiger partial charge < -0.3 is 20.7 Å². The highest BCUT2D eigenvalue weighted by molar-refractivity contribution is 6.33. The number of carbonyl (C=O) groups excluding carboxylic acids is 1. The van der Waals surface area contributed by atoms with Gasteiger partial charge in [-0.1, -0.05) is 11.6 Å². The van der Waals surface area contributed by atoms with Gasteiger partial charge in [-0.3, -0.25) is 14.8 Å². The molecular formula is C26H28ClF3N6O2. The van der Waals surface area contributed by atoms with E-state index in [9.17, 15) is 18.0 Å². The molecule has 0 unspecified atom stereocenters. The molecule has 0 atom stereocenters. The van der Waals surface area contributed by atoms with Gasteiger partial charge in [0, 0.05) is 49.1 Å². The van der Waals surface area contributed by atoms with Gasteiger partial charge in [-0.05, 0) is 67.7 Å². The first-order chi connectivity index (χ1) is 17.9. The fraction of sp³-hybridized carbons (Fsp3) is 0.231. The SMILES string of the molecule is COCc1cncc(/C(N)=C/N(N)c2cc(C(=O)Nc3cc(CN(C)C)cc(C(F)(F)F)c3)ccc2Cl)c1. The highest BCUT2D eigenvalue weighted by Gasteiger charge is 2.31. The smallest absolute Gasteiger partial charge is 0.397 e. The molecule has 12 heteroatoms. The number of halogens is 4. The number of nitrogens with two attached hydrogens (primary N) is 2. The molecule has 1 heterocycles. The van der Waals surface area contributed by atoms with Gasteiger partial charge >= 0.3 is 6.18 Å². The molecule has 5 N–H and O–H groups in total. The van der Waals surface area contributed by atoms with Crippen molar-refractivity contribution in [2.24, 2.45) is 11.6 Å². The number of rotatable bonds is 9. The van der Waals surface area contributed by atoms with Crippen LogP contribution < -0.4 is 21.9 Å². The monoisotopic (exact) mass is 548 g/mol. The predicted octanol–water partition coefficient (Wildman–Crippen LogP) is 4.85. The molecule has 3 aromatic rings. The fourth-order valence-corrected chi connectivity index (χ4v) is 3.84. The lowest BCUT2D eigenvalue weighted by Gasteiger charge is -2.18. The normalized spacial score (nSPS) is 12.1. The standard InChI is InChI=1S/C26H28ClF3N6O2/c1-35(2)13-16-7-20(26(28,29)30)10-21(8-16)34-25(37)18-4-5-22(27)24(9-18)36(32)14-23(31)19-6-17(15-38-3)11-33-12-19/h4-12,14H,13,15,31-32H2,1-3H3,(H,34,37)/b23-14-. The summed E-state index contributed by atoms with van der Waals surface area (Å²) >= 11 is 6.31. The zero-order chi connectivity index (χ0) is 28.0. The summed E-state index contributed by atoms with van der Waals surface area (Å²) < 4.78 is 45.4. The molecular weight excluding hydrogens is 521 g/mol. The molecule has 0 spiro atoms. The van der Waals surface area contributed by atoms with Gasteiger partial charge in [-0.25, -0.2) is 5.84 Å². The number of methoxy groups -OCH3 is 1. The molecule has 1 amide bonds. The van der Waals surface area contributed by atoms with Crippen LogP contribution in [0.4, 0.5) is 24.5 Å². The van der Waals surface area contributed by atoms with Crippen LogP contribution >= 0.6 is 11.6 Å². The van der Waals surface area contributed by atoms with Crippen LogP contribution in [0.15, 0.2) is 61.1 Å². The Labute approximate surface area is 223 Å². The van der Waals surface area contributed by atoms with Crippen LogP contribution in [0.3, 0.4) is 0 Å². The number of hydrogen-bond donors (Lipinski definition) is 3. The molecule has 202 valence electrons. The number of anilines is 2. The van der Waals surface area contributed by atoms with E-state index < -0.39 is 17.6 Å². The second-order valence-corrected chi connectivity index (χ2v) is 9.19. The van der Waals surface area contributed by atoms with E-state index >= 15 is 0 Å². The second kappa shape index (κ2) is 12.3. The van der Waals surface area contributed by atoms with Crippen molar-refractivity contribution in [1.29, 1.82) is 0 Å². The van der Waals surface area contributed by atoms with E-state index in [1.807, 2.05) is 0 Å². The third-order valence-electron chi connectivity index (χ3n) is 5.28. The van der Waals surface area contributed by atoms with Crippen LogP contribution in [0.25, 0.3) is 5.70 Å². The number of nitrogens with zero attached hydrogens (tertiary/aromatic N) is 3. The molecule has 0 bridgehead atoms. The first-order valence-electron chi connectivity index (χ1n) is 11.3. The average molecular weight is 549 g/mol. The van der Waals surface area contributed by atoms with E-state index in [-0.39, 0.29) is 34.2 Å². The Morgan fingerprint density at radius 2 is 1.84 bits per heavy atom. The Kier molecular flexibility index (Phi) is 9.34. The molecule has 0 radical (unpaired) electrons. The van der Waals surface area contributed by atoms with Crippen LogP contribution in [0.2, 0.25) is 5.02 Å². The van der Waals surface area contributed by atoms with Gasteiger partial charge in [0.05, 0.1) is 28.6 Å². The number of hydrogen-bond acceptors (Lipinski definition) is 7. The molecule has 8 nitrogen and oxygen atoms in total. The number of hydrazine groups is 1. The lowest BCUT2D eigenvalue weighted by molar-refractivity contribution is -0.137. The number of pyridine rings is 1. The molecule has 0 aliphatic heterocycles. The van der Waals surface area contributed by atoms with E-state index in [1.165, 1.54) is 30.5 Å². The van der Waals surface area contributed by atoms with Crippen molar-refractivity contribution in [2.75, 3.05) is 31.5 Å². The van der Waals surface area contributed by atoms with Crippen molar-refractivity contribution in [2.45, 2.75) is 19.3 Å². The zero-order valence-corrected chi connectivity index (χ0v) is 21.8. The third-order valence-corrected chi connectivity index (χ3v) is 5.60. The Bertz CT molecular complexity index is 1330. The summed E-state index contributed by atoms with van der Waals surface area (Å²) in [6.07, 6.45) is 0.0498. The summed E-state index contributed by atoms with van der Waals surface area (Å²) in [6, 6.07) is 9.54. The Morgan fingerprint density at radius 1 is 1.11 bits per heavy atom. The van der Waals surface area contributed by atoms with E-state index in [1.54, 1.807) is 44.6 Å². The largest absolute Gasteiger partial charge is 0.416 e. The van der Waals surface area contributed by atoms with Crippen molar-refractivity contribution in [3.05, 3.63) is 93.9 Å². The van der Waals surface area contributed by atoms with Crippen molar-refractivity contribution in [3.8, 4) is 0 Å². The minimum atomic E-state index is -4.57. The first kappa shape index (κ1) is 28.9. The number of aromatic nitrogens is 1. The molecule has 0 fully saturated rings. The number of nitrogens with one attached hydrogen (secondary N) is 1. The summed E-state index contributed by atoms with van der Waals surface area (Å²) in [5, 5.41) is 3.91. The molecule has 2 aromatic carbocycles. The maximum Gasteiger partial charge on any atom is 0.416 e. The average Bonchev–Trinajstić information content (AvgIpc) is 2.83. The molecule has 1 aromatic heterocycles. The van der Waals surface area contributed by atoms with Crippen molar-refractivity contribution in [1.82, 2.24) is 9.88 Å². The molecule has 38 heavy (non-hydrogen) atoms. The van der Waals surface area contributed by atoms with Gasteiger partial charge in [-0.2, -0.15) is 13.2 Å². The summed E-state index contributed by atoms with van der Waals surface area (Å²) in [6.45, 7) is 0.615. The summed E-state index contributed by atoms with van der Waals surface area (Å²) in [4.78, 5) is 18.8. The fourth-order valence-electron chi connectivity index (χ4n) is 3.62. The highest BCUT2D eigenvalue weighted by Crippen LogP contribution is 2.33. The predicted molar refractivity (Wildman–Crippen MR) is 142 cm³/mol. The number of alkyl halides is 3. The minimum absolute atomic E-state index is 0.00959. The lowest BCUT2D eigenvalue weighted by atomic mass is 10.1. The quantitative estimate of drug-likeness (QED) is 0.259. The molecule has 0 aliphatic rings. The minimum Gasteiger partial charge on any atom is -0.397 e. The summed E-state index contributed by atoms with van der Waals surface area (Å²) in [7, 11) is 5.04. The number of benzene rings is 2. The van der Waals surface area contributed by atoms with Gasteiger partial charge in [0.2, 0.25) is 0 Å². The number of carbonyl (C=O) groups is 1. The van der Waals surface area contributed by atoms with Crippen LogP contribution in [-0.4, -0.2) is 37.0 Å². The maximum absolute atomic E-state index is 13.4. The topological polar surface area (TPSA) is 110 Å². The van der Waals surface area contributed by atoms with E-state index in [0.717, 1.165) is 22.7 Å². The molecule has 0 aliphatic carbocycles. The van der Waals surface area contributed by atoms with Gasteiger partial charge in [-0.15, -0.1) is 0 Å². The molecule has 0 saturated heterocycles. The van der Waals surface area contributed by atoms with Gasteiger partial charge in [0.25, 0.3) is 5.91 Å². The van der Waals surface area contributed by atoms with Crippen LogP contribution in [-0.2, 0) is 24.1 Å². The van der Waals surface area contributed by atoms with Crippen molar-refractivity contribution < 1.29 is 22.7 Å². The first-order valence-corrected chi connectivity index (χ1v) is 11.7.